The highest BCUT2D eigenvalue weighted by molar-refractivity contribution is 7.15. The van der Waals surface area contributed by atoms with E-state index in [-0.39, 0.29) is 0 Å². The predicted molar refractivity (Wildman–Crippen MR) is 105 cm³/mol. The lowest BCUT2D eigenvalue weighted by Gasteiger charge is -2.07. The second-order valence-corrected chi connectivity index (χ2v) is 6.88. The second-order valence-electron chi connectivity index (χ2n) is 5.79. The third kappa shape index (κ3) is 4.76. The van der Waals surface area contributed by atoms with Crippen LogP contribution >= 0.6 is 11.3 Å². The molecule has 6 heteroatoms. The Morgan fingerprint density at radius 1 is 1.04 bits per heavy atom. The van der Waals surface area contributed by atoms with Gasteiger partial charge in [0.05, 0.1) is 12.2 Å². The lowest BCUT2D eigenvalue weighted by Crippen LogP contribution is -2.07. The Hall–Kier alpha value is -2.47. The van der Waals surface area contributed by atoms with Crippen LogP contribution in [0.25, 0.3) is 10.6 Å². The molecular weight excluding hydrogens is 330 g/mol. The molecule has 0 bridgehead atoms. The molecule has 3 rings (SSSR count). The lowest BCUT2D eigenvalue weighted by molar-refractivity contribution is 0.826. The molecule has 3 aromatic rings. The van der Waals surface area contributed by atoms with Gasteiger partial charge in [-0.05, 0) is 19.4 Å². The summed E-state index contributed by atoms with van der Waals surface area (Å²) in [5, 5.41) is 7.68. The first-order valence-corrected chi connectivity index (χ1v) is 9.40. The molecule has 2 heterocycles. The first kappa shape index (κ1) is 17.4. The monoisotopic (exact) mass is 353 g/mol. The van der Waals surface area contributed by atoms with Crippen LogP contribution in [0.1, 0.15) is 30.3 Å². The summed E-state index contributed by atoms with van der Waals surface area (Å²) in [7, 11) is 0. The van der Waals surface area contributed by atoms with Gasteiger partial charge >= 0.3 is 0 Å². The van der Waals surface area contributed by atoms with E-state index in [1.165, 1.54) is 4.88 Å². The third-order valence-corrected chi connectivity index (χ3v) is 5.02. The Balaban J connectivity index is 1.64. The molecule has 2 N–H and O–H groups in total. The molecule has 0 unspecified atom stereocenters. The molecule has 0 amide bonds. The molecule has 0 aliphatic rings. The van der Waals surface area contributed by atoms with Crippen molar-refractivity contribution in [1.82, 2.24) is 15.0 Å². The van der Waals surface area contributed by atoms with Crippen molar-refractivity contribution in [2.75, 3.05) is 17.2 Å². The molecule has 0 aliphatic heterocycles. The van der Waals surface area contributed by atoms with Gasteiger partial charge in [-0.3, -0.25) is 0 Å². The highest BCUT2D eigenvalue weighted by atomic mass is 32.1. The molecule has 0 saturated heterocycles. The number of unbranched alkanes of at least 4 members (excludes halogenated alkanes) is 1. The fourth-order valence-corrected chi connectivity index (χ4v) is 3.39. The highest BCUT2D eigenvalue weighted by Gasteiger charge is 2.09. The molecule has 0 atom stereocenters. The van der Waals surface area contributed by atoms with Crippen LogP contribution < -0.4 is 10.6 Å². The van der Waals surface area contributed by atoms with Crippen LogP contribution in [0.4, 0.5) is 11.8 Å². The lowest BCUT2D eigenvalue weighted by atomic mass is 10.2. The summed E-state index contributed by atoms with van der Waals surface area (Å²) in [5.74, 6) is 1.49. The second kappa shape index (κ2) is 8.58. The fourth-order valence-electron chi connectivity index (χ4n) is 2.39. The maximum atomic E-state index is 4.69. The van der Waals surface area contributed by atoms with E-state index in [2.05, 4.69) is 46.6 Å². The van der Waals surface area contributed by atoms with Gasteiger partial charge in [0.2, 0.25) is 5.95 Å². The Kier molecular flexibility index (Phi) is 5.95. The van der Waals surface area contributed by atoms with Gasteiger partial charge in [0, 0.05) is 23.2 Å². The summed E-state index contributed by atoms with van der Waals surface area (Å²) in [6, 6.07) is 12.2. The van der Waals surface area contributed by atoms with Crippen molar-refractivity contribution in [1.29, 1.82) is 0 Å². The van der Waals surface area contributed by atoms with Crippen LogP contribution in [0.5, 0.6) is 0 Å². The van der Waals surface area contributed by atoms with Gasteiger partial charge in [-0.2, -0.15) is 4.98 Å². The molecule has 0 radical (unpaired) electrons. The molecule has 5 nitrogen and oxygen atoms in total. The van der Waals surface area contributed by atoms with Gasteiger partial charge in [0.25, 0.3) is 0 Å². The number of rotatable bonds is 8. The fraction of sp³-hybridized carbons (Fsp3) is 0.316. The van der Waals surface area contributed by atoms with E-state index in [0.29, 0.717) is 12.5 Å². The van der Waals surface area contributed by atoms with Gasteiger partial charge in [0.15, 0.2) is 0 Å². The molecule has 0 aliphatic carbocycles. The van der Waals surface area contributed by atoms with Gasteiger partial charge in [-0.15, -0.1) is 11.3 Å². The molecular formula is C19H23N5S. The van der Waals surface area contributed by atoms with Crippen LogP contribution in [0, 0.1) is 6.92 Å². The van der Waals surface area contributed by atoms with Gasteiger partial charge in [0.1, 0.15) is 10.8 Å². The zero-order chi connectivity index (χ0) is 17.5. The van der Waals surface area contributed by atoms with E-state index in [0.717, 1.165) is 41.5 Å². The first-order valence-electron chi connectivity index (χ1n) is 8.58. The van der Waals surface area contributed by atoms with E-state index in [1.807, 2.05) is 24.3 Å². The Bertz CT molecular complexity index is 801. The molecule has 0 saturated carbocycles. The minimum atomic E-state index is 0.671. The molecule has 0 fully saturated rings. The maximum Gasteiger partial charge on any atom is 0.224 e. The maximum absolute atomic E-state index is 4.69. The summed E-state index contributed by atoms with van der Waals surface area (Å²) in [5.41, 5.74) is 2.22. The zero-order valence-electron chi connectivity index (χ0n) is 14.6. The Labute approximate surface area is 152 Å². The number of thiazole rings is 1. The van der Waals surface area contributed by atoms with Gasteiger partial charge in [-0.1, -0.05) is 43.7 Å². The number of nitrogens with one attached hydrogen (secondary N) is 2. The summed E-state index contributed by atoms with van der Waals surface area (Å²) >= 11 is 1.72. The van der Waals surface area contributed by atoms with Crippen molar-refractivity contribution in [2.45, 2.75) is 33.2 Å². The number of hydrogen-bond acceptors (Lipinski definition) is 6. The minimum Gasteiger partial charge on any atom is -0.365 e. The quantitative estimate of drug-likeness (QED) is 0.573. The van der Waals surface area contributed by atoms with E-state index >= 15 is 0 Å². The predicted octanol–water partition coefficient (Wildman–Crippen LogP) is 4.73. The van der Waals surface area contributed by atoms with E-state index < -0.39 is 0 Å². The number of aromatic nitrogens is 3. The minimum absolute atomic E-state index is 0.671. The number of nitrogens with zero attached hydrogens (tertiary/aromatic N) is 3. The van der Waals surface area contributed by atoms with E-state index in [9.17, 15) is 0 Å². The SMILES string of the molecule is CCCCNc1nccc(NCc2sc(-c3ccccc3)nc2C)n1. The summed E-state index contributed by atoms with van der Waals surface area (Å²) in [6.45, 7) is 5.83. The zero-order valence-corrected chi connectivity index (χ0v) is 15.4. The topological polar surface area (TPSA) is 62.7 Å². The number of aryl methyl sites for hydroxylation is 1. The van der Waals surface area contributed by atoms with Crippen LogP contribution in [0.3, 0.4) is 0 Å². The van der Waals surface area contributed by atoms with Crippen LogP contribution in [-0.2, 0) is 6.54 Å². The molecule has 130 valence electrons. The molecule has 0 spiro atoms. The first-order chi connectivity index (χ1) is 12.3. The average molecular weight is 353 g/mol. The van der Waals surface area contributed by atoms with Crippen molar-refractivity contribution < 1.29 is 0 Å². The Morgan fingerprint density at radius 3 is 2.68 bits per heavy atom. The Morgan fingerprint density at radius 2 is 1.88 bits per heavy atom. The molecule has 1 aromatic carbocycles. The average Bonchev–Trinajstić information content (AvgIpc) is 3.02. The molecule has 2 aromatic heterocycles. The number of hydrogen-bond donors (Lipinski definition) is 2. The van der Waals surface area contributed by atoms with Crippen molar-refractivity contribution >= 4 is 23.1 Å². The van der Waals surface area contributed by atoms with Crippen LogP contribution in [0.15, 0.2) is 42.6 Å². The van der Waals surface area contributed by atoms with Crippen molar-refractivity contribution in [3.05, 3.63) is 53.2 Å². The third-order valence-electron chi connectivity index (χ3n) is 3.81. The summed E-state index contributed by atoms with van der Waals surface area (Å²) < 4.78 is 0. The normalized spacial score (nSPS) is 10.6. The number of anilines is 2. The summed E-state index contributed by atoms with van der Waals surface area (Å²) in [4.78, 5) is 14.7. The summed E-state index contributed by atoms with van der Waals surface area (Å²) in [6.07, 6.45) is 4.04. The van der Waals surface area contributed by atoms with Crippen molar-refractivity contribution in [3.8, 4) is 10.6 Å². The van der Waals surface area contributed by atoms with Gasteiger partial charge < -0.3 is 10.6 Å². The largest absolute Gasteiger partial charge is 0.365 e. The smallest absolute Gasteiger partial charge is 0.224 e. The molecule has 25 heavy (non-hydrogen) atoms. The number of benzene rings is 1. The van der Waals surface area contributed by atoms with Crippen LogP contribution in [-0.4, -0.2) is 21.5 Å². The van der Waals surface area contributed by atoms with Crippen molar-refractivity contribution in [3.63, 3.8) is 0 Å². The highest BCUT2D eigenvalue weighted by Crippen LogP contribution is 2.28. The van der Waals surface area contributed by atoms with E-state index in [1.54, 1.807) is 17.5 Å². The van der Waals surface area contributed by atoms with Gasteiger partial charge in [-0.25, -0.2) is 9.97 Å². The van der Waals surface area contributed by atoms with Crippen LogP contribution in [0.2, 0.25) is 0 Å². The van der Waals surface area contributed by atoms with Crippen molar-refractivity contribution in [2.24, 2.45) is 0 Å². The standard InChI is InChI=1S/C19H23N5S/c1-3-4-11-20-19-21-12-10-17(24-19)22-13-16-14(2)23-18(25-16)15-8-6-5-7-9-15/h5-10,12H,3-4,11,13H2,1-2H3,(H2,20,21,22,24). The van der Waals surface area contributed by atoms with E-state index in [4.69, 9.17) is 4.98 Å².